The number of aliphatic imine (C=N–C) groups is 1. The van der Waals surface area contributed by atoms with Crippen LogP contribution in [0.2, 0.25) is 0 Å². The monoisotopic (exact) mass is 450 g/mol. The molecule has 1 unspecified atom stereocenters. The topological polar surface area (TPSA) is 40.1 Å². The van der Waals surface area contributed by atoms with Gasteiger partial charge in [0, 0.05) is 52.9 Å². The molecule has 0 bridgehead atoms. The van der Waals surface area contributed by atoms with E-state index in [4.69, 9.17) is 4.74 Å². The molecule has 2 fully saturated rings. The molecular formula is C16H27IN4OS. The third kappa shape index (κ3) is 5.58. The van der Waals surface area contributed by atoms with Gasteiger partial charge in [-0.25, -0.2) is 0 Å². The van der Waals surface area contributed by atoms with Gasteiger partial charge in [-0.1, -0.05) is 0 Å². The summed E-state index contributed by atoms with van der Waals surface area (Å²) in [5, 5.41) is 7.77. The van der Waals surface area contributed by atoms with Crippen molar-refractivity contribution >= 4 is 41.3 Å². The molecule has 2 saturated heterocycles. The molecule has 7 heteroatoms. The molecule has 1 atom stereocenters. The van der Waals surface area contributed by atoms with Crippen LogP contribution in [0.3, 0.4) is 0 Å². The highest BCUT2D eigenvalue weighted by atomic mass is 127. The molecule has 130 valence electrons. The van der Waals surface area contributed by atoms with Crippen LogP contribution in [-0.2, 0) is 11.3 Å². The molecular weight excluding hydrogens is 423 g/mol. The highest BCUT2D eigenvalue weighted by molar-refractivity contribution is 14.0. The number of rotatable bonds is 4. The van der Waals surface area contributed by atoms with Gasteiger partial charge in [0.05, 0.1) is 6.61 Å². The van der Waals surface area contributed by atoms with Crippen molar-refractivity contribution in [2.75, 3.05) is 53.0 Å². The minimum absolute atomic E-state index is 0. The molecule has 0 spiro atoms. The van der Waals surface area contributed by atoms with Gasteiger partial charge < -0.3 is 15.0 Å². The maximum absolute atomic E-state index is 5.48. The number of nitrogens with one attached hydrogen (secondary N) is 1. The van der Waals surface area contributed by atoms with Gasteiger partial charge in [-0.15, -0.1) is 24.0 Å². The van der Waals surface area contributed by atoms with Crippen LogP contribution < -0.4 is 5.32 Å². The number of guanidine groups is 1. The van der Waals surface area contributed by atoms with Crippen molar-refractivity contribution in [1.29, 1.82) is 0 Å². The zero-order valence-electron chi connectivity index (χ0n) is 13.7. The summed E-state index contributed by atoms with van der Waals surface area (Å²) in [6, 6.07) is 2.16. The van der Waals surface area contributed by atoms with Gasteiger partial charge in [-0.05, 0) is 34.7 Å². The highest BCUT2D eigenvalue weighted by Gasteiger charge is 2.23. The van der Waals surface area contributed by atoms with Crippen LogP contribution in [0, 0.1) is 5.92 Å². The third-order valence-corrected chi connectivity index (χ3v) is 5.19. The molecule has 0 amide bonds. The van der Waals surface area contributed by atoms with E-state index in [1.807, 2.05) is 7.05 Å². The predicted octanol–water partition coefficient (Wildman–Crippen LogP) is 2.10. The Labute approximate surface area is 160 Å². The molecule has 2 aliphatic rings. The lowest BCUT2D eigenvalue weighted by Crippen LogP contribution is -2.53. The summed E-state index contributed by atoms with van der Waals surface area (Å²) in [5.41, 5.74) is 1.33. The first-order valence-corrected chi connectivity index (χ1v) is 9.06. The largest absolute Gasteiger partial charge is 0.381 e. The summed E-state index contributed by atoms with van der Waals surface area (Å²) < 4.78 is 5.48. The number of thiophene rings is 1. The van der Waals surface area contributed by atoms with Crippen molar-refractivity contribution in [1.82, 2.24) is 15.1 Å². The lowest BCUT2D eigenvalue weighted by molar-refractivity contribution is 0.139. The fraction of sp³-hybridized carbons (Fsp3) is 0.688. The maximum atomic E-state index is 5.48. The van der Waals surface area contributed by atoms with Crippen molar-refractivity contribution in [2.45, 2.75) is 13.0 Å². The van der Waals surface area contributed by atoms with Crippen LogP contribution in [0.25, 0.3) is 0 Å². The molecule has 0 aliphatic carbocycles. The Bertz CT molecular complexity index is 468. The van der Waals surface area contributed by atoms with Gasteiger partial charge in [-0.2, -0.15) is 11.3 Å². The normalized spacial score (nSPS) is 22.9. The van der Waals surface area contributed by atoms with Crippen molar-refractivity contribution in [3.8, 4) is 0 Å². The fourth-order valence-electron chi connectivity index (χ4n) is 3.14. The Morgan fingerprint density at radius 3 is 2.83 bits per heavy atom. The summed E-state index contributed by atoms with van der Waals surface area (Å²) in [5.74, 6) is 1.76. The Morgan fingerprint density at radius 2 is 2.22 bits per heavy atom. The first-order chi connectivity index (χ1) is 10.8. The number of halogens is 1. The molecule has 5 nitrogen and oxygen atoms in total. The summed E-state index contributed by atoms with van der Waals surface area (Å²) in [6.45, 7) is 8.29. The molecule has 0 aromatic carbocycles. The van der Waals surface area contributed by atoms with E-state index in [2.05, 4.69) is 36.9 Å². The minimum atomic E-state index is 0. The summed E-state index contributed by atoms with van der Waals surface area (Å²) in [6.07, 6.45) is 1.23. The first kappa shape index (κ1) is 19.0. The minimum Gasteiger partial charge on any atom is -0.381 e. The van der Waals surface area contributed by atoms with E-state index >= 15 is 0 Å². The van der Waals surface area contributed by atoms with E-state index in [1.54, 1.807) is 11.3 Å². The van der Waals surface area contributed by atoms with Crippen LogP contribution in [-0.4, -0.2) is 68.7 Å². The highest BCUT2D eigenvalue weighted by Crippen LogP contribution is 2.15. The summed E-state index contributed by atoms with van der Waals surface area (Å²) in [4.78, 5) is 9.38. The van der Waals surface area contributed by atoms with Gasteiger partial charge >= 0.3 is 0 Å². The predicted molar refractivity (Wildman–Crippen MR) is 107 cm³/mol. The van der Waals surface area contributed by atoms with Crippen LogP contribution in [0.4, 0.5) is 0 Å². The lowest BCUT2D eigenvalue weighted by atomic mass is 10.1. The lowest BCUT2D eigenvalue weighted by Gasteiger charge is -2.37. The van der Waals surface area contributed by atoms with Gasteiger partial charge in [-0.3, -0.25) is 9.89 Å². The van der Waals surface area contributed by atoms with Crippen LogP contribution >= 0.6 is 35.3 Å². The van der Waals surface area contributed by atoms with E-state index in [0.29, 0.717) is 0 Å². The zero-order chi connectivity index (χ0) is 15.2. The number of hydrogen-bond acceptors (Lipinski definition) is 4. The number of hydrogen-bond donors (Lipinski definition) is 1. The second-order valence-corrected chi connectivity index (χ2v) is 6.83. The number of piperazine rings is 1. The summed E-state index contributed by atoms with van der Waals surface area (Å²) in [7, 11) is 1.87. The molecule has 3 heterocycles. The first-order valence-electron chi connectivity index (χ1n) is 8.12. The fourth-order valence-corrected chi connectivity index (χ4v) is 3.81. The van der Waals surface area contributed by atoms with Crippen LogP contribution in [0.1, 0.15) is 12.0 Å². The van der Waals surface area contributed by atoms with E-state index in [1.165, 1.54) is 18.5 Å². The van der Waals surface area contributed by atoms with E-state index in [-0.39, 0.29) is 24.0 Å². The average molecular weight is 450 g/mol. The van der Waals surface area contributed by atoms with Crippen LogP contribution in [0.5, 0.6) is 0 Å². The molecule has 1 N–H and O–H groups in total. The van der Waals surface area contributed by atoms with E-state index in [0.717, 1.165) is 57.8 Å². The Kier molecular flexibility index (Phi) is 8.08. The molecule has 1 aromatic heterocycles. The smallest absolute Gasteiger partial charge is 0.194 e. The Hall–Kier alpha value is -0.380. The van der Waals surface area contributed by atoms with Gasteiger partial charge in [0.25, 0.3) is 0 Å². The molecule has 0 radical (unpaired) electrons. The van der Waals surface area contributed by atoms with Crippen molar-refractivity contribution < 1.29 is 4.74 Å². The van der Waals surface area contributed by atoms with Crippen molar-refractivity contribution in [3.63, 3.8) is 0 Å². The average Bonchev–Trinajstić information content (AvgIpc) is 3.23. The van der Waals surface area contributed by atoms with Crippen LogP contribution in [0.15, 0.2) is 21.8 Å². The molecule has 2 aliphatic heterocycles. The number of nitrogens with zero attached hydrogens (tertiary/aromatic N) is 3. The maximum Gasteiger partial charge on any atom is 0.194 e. The second kappa shape index (κ2) is 9.80. The van der Waals surface area contributed by atoms with Crippen molar-refractivity contribution in [3.05, 3.63) is 22.4 Å². The van der Waals surface area contributed by atoms with Crippen molar-refractivity contribution in [2.24, 2.45) is 10.9 Å². The Morgan fingerprint density at radius 1 is 1.39 bits per heavy atom. The number of ether oxygens (including phenoxy) is 1. The van der Waals surface area contributed by atoms with E-state index < -0.39 is 0 Å². The standard InChI is InChI=1S/C16H26N4OS.HI/c1-17-16(18-10-14-3-9-22-13-14)20-6-4-19(5-7-20)11-15-2-8-21-12-15;/h3,9,13,15H,2,4-8,10-12H2,1H3,(H,17,18);1H. The Balaban J connectivity index is 0.00000192. The summed E-state index contributed by atoms with van der Waals surface area (Å²) >= 11 is 1.74. The van der Waals surface area contributed by atoms with E-state index in [9.17, 15) is 0 Å². The van der Waals surface area contributed by atoms with Gasteiger partial charge in [0.1, 0.15) is 0 Å². The third-order valence-electron chi connectivity index (χ3n) is 4.45. The molecule has 23 heavy (non-hydrogen) atoms. The van der Waals surface area contributed by atoms with Gasteiger partial charge in [0.15, 0.2) is 5.96 Å². The molecule has 0 saturated carbocycles. The second-order valence-electron chi connectivity index (χ2n) is 6.05. The molecule has 3 rings (SSSR count). The zero-order valence-corrected chi connectivity index (χ0v) is 16.9. The molecule has 1 aromatic rings. The quantitative estimate of drug-likeness (QED) is 0.434. The SMILES string of the molecule is CN=C(NCc1ccsc1)N1CCN(CC2CCOC2)CC1.I. The van der Waals surface area contributed by atoms with Gasteiger partial charge in [0.2, 0.25) is 0 Å².